The Hall–Kier alpha value is -1.83. The van der Waals surface area contributed by atoms with Gasteiger partial charge in [-0.05, 0) is 12.8 Å². The highest BCUT2D eigenvalue weighted by atomic mass is 32.1. The largest absolute Gasteiger partial charge is 0.338 e. The van der Waals surface area contributed by atoms with Crippen molar-refractivity contribution in [3.63, 3.8) is 0 Å². The minimum atomic E-state index is -2.65. The number of fused-ring (bicyclic) bond motifs is 1. The lowest BCUT2D eigenvalue weighted by atomic mass is 9.97. The second-order valence-electron chi connectivity index (χ2n) is 6.74. The summed E-state index contributed by atoms with van der Waals surface area (Å²) in [6.45, 7) is 4.12. The van der Waals surface area contributed by atoms with Crippen LogP contribution in [0.2, 0.25) is 0 Å². The van der Waals surface area contributed by atoms with Crippen molar-refractivity contribution in [2.24, 2.45) is 11.3 Å². The van der Waals surface area contributed by atoms with Crippen LogP contribution in [0.25, 0.3) is 5.13 Å². The van der Waals surface area contributed by atoms with Crippen LogP contribution in [-0.2, 0) is 6.42 Å². The number of amides is 1. The SMILES string of the molecule is CCc1csc(-n2cc(C(=O)N3CCC4(C)C(C3)C4(F)F)cn2)n1. The average Bonchev–Trinajstić information content (AvgIpc) is 3.06. The summed E-state index contributed by atoms with van der Waals surface area (Å²) >= 11 is 1.46. The van der Waals surface area contributed by atoms with E-state index in [1.54, 1.807) is 17.8 Å². The van der Waals surface area contributed by atoms with Gasteiger partial charge in [0.15, 0.2) is 0 Å². The highest BCUT2D eigenvalue weighted by molar-refractivity contribution is 7.12. The van der Waals surface area contributed by atoms with Gasteiger partial charge in [-0.15, -0.1) is 11.3 Å². The highest BCUT2D eigenvalue weighted by Gasteiger charge is 2.78. The summed E-state index contributed by atoms with van der Waals surface area (Å²) in [6.07, 6.45) is 4.29. The molecular formula is C16H18F2N4OS. The molecule has 0 N–H and O–H groups in total. The summed E-state index contributed by atoms with van der Waals surface area (Å²) in [7, 11) is 0. The zero-order valence-electron chi connectivity index (χ0n) is 13.5. The quantitative estimate of drug-likeness (QED) is 0.853. The Bertz CT molecular complexity index is 802. The van der Waals surface area contributed by atoms with Crippen molar-refractivity contribution in [1.82, 2.24) is 19.7 Å². The Balaban J connectivity index is 1.50. The number of aryl methyl sites for hydroxylation is 1. The fourth-order valence-corrected chi connectivity index (χ4v) is 4.32. The first-order valence-electron chi connectivity index (χ1n) is 8.03. The molecule has 1 aliphatic heterocycles. The number of hydrogen-bond acceptors (Lipinski definition) is 4. The molecule has 1 amide bonds. The third kappa shape index (κ3) is 2.12. The molecule has 1 saturated heterocycles. The van der Waals surface area contributed by atoms with Crippen LogP contribution in [-0.4, -0.2) is 44.6 Å². The Morgan fingerprint density at radius 2 is 2.29 bits per heavy atom. The molecule has 2 atom stereocenters. The van der Waals surface area contributed by atoms with E-state index in [0.717, 1.165) is 12.1 Å². The number of rotatable bonds is 3. The van der Waals surface area contributed by atoms with E-state index < -0.39 is 17.3 Å². The first-order valence-corrected chi connectivity index (χ1v) is 8.91. The first-order chi connectivity index (χ1) is 11.4. The number of halogens is 2. The summed E-state index contributed by atoms with van der Waals surface area (Å²) in [5.41, 5.74) is 0.464. The molecule has 0 aromatic carbocycles. The van der Waals surface area contributed by atoms with E-state index in [-0.39, 0.29) is 12.5 Å². The molecule has 2 unspecified atom stereocenters. The van der Waals surface area contributed by atoms with Crippen molar-refractivity contribution in [3.05, 3.63) is 29.0 Å². The van der Waals surface area contributed by atoms with E-state index in [0.29, 0.717) is 23.7 Å². The topological polar surface area (TPSA) is 51.0 Å². The Morgan fingerprint density at radius 3 is 2.96 bits per heavy atom. The minimum absolute atomic E-state index is 0.116. The molecule has 2 aromatic heterocycles. The monoisotopic (exact) mass is 352 g/mol. The third-order valence-electron chi connectivity index (χ3n) is 5.40. The summed E-state index contributed by atoms with van der Waals surface area (Å²) in [5, 5.41) is 6.85. The summed E-state index contributed by atoms with van der Waals surface area (Å²) in [6, 6.07) is 0. The fraction of sp³-hybridized carbons (Fsp3) is 0.562. The van der Waals surface area contributed by atoms with Gasteiger partial charge in [-0.3, -0.25) is 4.79 Å². The van der Waals surface area contributed by atoms with Gasteiger partial charge in [-0.25, -0.2) is 18.4 Å². The van der Waals surface area contributed by atoms with Gasteiger partial charge in [0.25, 0.3) is 11.8 Å². The predicted octanol–water partition coefficient (Wildman–Crippen LogP) is 3.01. The Morgan fingerprint density at radius 1 is 1.50 bits per heavy atom. The molecule has 2 aromatic rings. The molecule has 0 radical (unpaired) electrons. The molecular weight excluding hydrogens is 334 g/mol. The second kappa shape index (κ2) is 5.08. The number of nitrogens with zero attached hydrogens (tertiary/aromatic N) is 4. The van der Waals surface area contributed by atoms with Crippen LogP contribution in [0.15, 0.2) is 17.8 Å². The molecule has 24 heavy (non-hydrogen) atoms. The van der Waals surface area contributed by atoms with Crippen LogP contribution >= 0.6 is 11.3 Å². The third-order valence-corrected chi connectivity index (χ3v) is 6.28. The van der Waals surface area contributed by atoms with E-state index in [4.69, 9.17) is 0 Å². The van der Waals surface area contributed by atoms with Gasteiger partial charge in [0.2, 0.25) is 5.13 Å². The molecule has 1 aliphatic carbocycles. The number of thiazole rings is 1. The normalized spacial score (nSPS) is 27.8. The van der Waals surface area contributed by atoms with Crippen molar-refractivity contribution < 1.29 is 13.6 Å². The average molecular weight is 352 g/mol. The lowest BCUT2D eigenvalue weighted by molar-refractivity contribution is 0.0635. The molecule has 0 bridgehead atoms. The number of likely N-dealkylation sites (tertiary alicyclic amines) is 1. The molecule has 128 valence electrons. The van der Waals surface area contributed by atoms with Gasteiger partial charge >= 0.3 is 0 Å². The van der Waals surface area contributed by atoms with E-state index in [1.165, 1.54) is 22.4 Å². The first kappa shape index (κ1) is 15.7. The number of hydrogen-bond donors (Lipinski definition) is 0. The van der Waals surface area contributed by atoms with Gasteiger partial charge in [0.1, 0.15) is 0 Å². The molecule has 1 saturated carbocycles. The second-order valence-corrected chi connectivity index (χ2v) is 7.58. The standard InChI is InChI=1S/C16H18F2N4OS/c1-3-11-9-24-14(20-11)22-7-10(6-19-22)13(23)21-5-4-15(2)12(8-21)16(15,17)18/h6-7,9,12H,3-5,8H2,1-2H3. The number of alkyl halides is 2. The molecule has 3 heterocycles. The molecule has 2 aliphatic rings. The number of aromatic nitrogens is 3. The van der Waals surface area contributed by atoms with Crippen molar-refractivity contribution in [2.75, 3.05) is 13.1 Å². The van der Waals surface area contributed by atoms with E-state index in [2.05, 4.69) is 10.1 Å². The molecule has 2 fully saturated rings. The maximum Gasteiger partial charge on any atom is 0.259 e. The van der Waals surface area contributed by atoms with Crippen molar-refractivity contribution in [2.45, 2.75) is 32.6 Å². The van der Waals surface area contributed by atoms with Crippen LogP contribution in [0, 0.1) is 11.3 Å². The van der Waals surface area contributed by atoms with Crippen LogP contribution in [0.1, 0.15) is 36.3 Å². The van der Waals surface area contributed by atoms with Crippen molar-refractivity contribution in [1.29, 1.82) is 0 Å². The van der Waals surface area contributed by atoms with Crippen LogP contribution < -0.4 is 0 Å². The lowest BCUT2D eigenvalue weighted by Crippen LogP contribution is -2.38. The van der Waals surface area contributed by atoms with E-state index in [1.807, 2.05) is 12.3 Å². The van der Waals surface area contributed by atoms with Crippen molar-refractivity contribution in [3.8, 4) is 5.13 Å². The van der Waals surface area contributed by atoms with Gasteiger partial charge in [0.05, 0.1) is 23.4 Å². The zero-order valence-corrected chi connectivity index (χ0v) is 14.3. The van der Waals surface area contributed by atoms with E-state index in [9.17, 15) is 13.6 Å². The van der Waals surface area contributed by atoms with Gasteiger partial charge in [-0.2, -0.15) is 5.10 Å². The molecule has 8 heteroatoms. The predicted molar refractivity (Wildman–Crippen MR) is 85.7 cm³/mol. The fourth-order valence-electron chi connectivity index (χ4n) is 3.48. The number of piperidine rings is 1. The summed E-state index contributed by atoms with van der Waals surface area (Å²) in [4.78, 5) is 18.5. The zero-order chi connectivity index (χ0) is 17.1. The van der Waals surface area contributed by atoms with Gasteiger partial charge < -0.3 is 4.90 Å². The maximum atomic E-state index is 13.8. The highest BCUT2D eigenvalue weighted by Crippen LogP contribution is 2.69. The van der Waals surface area contributed by atoms with Gasteiger partial charge in [-0.1, -0.05) is 13.8 Å². The summed E-state index contributed by atoms with van der Waals surface area (Å²) < 4.78 is 29.2. The van der Waals surface area contributed by atoms with Crippen LogP contribution in [0.4, 0.5) is 8.78 Å². The van der Waals surface area contributed by atoms with Crippen LogP contribution in [0.5, 0.6) is 0 Å². The lowest BCUT2D eigenvalue weighted by Gasteiger charge is -2.28. The maximum absolute atomic E-state index is 13.8. The smallest absolute Gasteiger partial charge is 0.259 e. The summed E-state index contributed by atoms with van der Waals surface area (Å²) in [5.74, 6) is -3.61. The molecule has 4 rings (SSSR count). The number of carbonyl (C=O) groups is 1. The Labute approximate surface area is 142 Å². The van der Waals surface area contributed by atoms with E-state index >= 15 is 0 Å². The molecule has 5 nitrogen and oxygen atoms in total. The number of carbonyl (C=O) groups excluding carboxylic acids is 1. The van der Waals surface area contributed by atoms with Gasteiger partial charge in [0, 0.05) is 30.1 Å². The van der Waals surface area contributed by atoms with Crippen LogP contribution in [0.3, 0.4) is 0 Å². The molecule has 0 spiro atoms. The minimum Gasteiger partial charge on any atom is -0.338 e. The Kier molecular flexibility index (Phi) is 3.32. The van der Waals surface area contributed by atoms with Crippen molar-refractivity contribution >= 4 is 17.2 Å².